The highest BCUT2D eigenvalue weighted by Gasteiger charge is 2.07. The second-order valence-corrected chi connectivity index (χ2v) is 5.04. The lowest BCUT2D eigenvalue weighted by Crippen LogP contribution is -2.06. The van der Waals surface area contributed by atoms with E-state index in [1.807, 2.05) is 26.0 Å². The van der Waals surface area contributed by atoms with Crippen molar-refractivity contribution in [3.05, 3.63) is 33.8 Å². The van der Waals surface area contributed by atoms with Gasteiger partial charge in [0.2, 0.25) is 0 Å². The lowest BCUT2D eigenvalue weighted by atomic mass is 10.0. The summed E-state index contributed by atoms with van der Waals surface area (Å²) in [7, 11) is 0. The standard InChI is InChI=1S/C13H16Cl2O/c1-9(2)13(16)5-3-4-10-6-7-11(14)12(15)8-10/h6-9H,3-5H2,1-2H3. The maximum atomic E-state index is 11.4. The van der Waals surface area contributed by atoms with Crippen molar-refractivity contribution >= 4 is 29.0 Å². The van der Waals surface area contributed by atoms with Crippen molar-refractivity contribution in [2.75, 3.05) is 0 Å². The molecule has 0 aliphatic rings. The number of carbonyl (C=O) groups excluding carboxylic acids is 1. The molecule has 0 atom stereocenters. The Morgan fingerprint density at radius 3 is 2.50 bits per heavy atom. The number of rotatable bonds is 5. The fourth-order valence-electron chi connectivity index (χ4n) is 1.45. The molecule has 0 aliphatic carbocycles. The molecule has 0 fully saturated rings. The molecule has 1 aromatic rings. The van der Waals surface area contributed by atoms with Crippen molar-refractivity contribution in [2.45, 2.75) is 33.1 Å². The molecule has 0 bridgehead atoms. The molecule has 88 valence electrons. The molecule has 0 radical (unpaired) electrons. The lowest BCUT2D eigenvalue weighted by molar-refractivity contribution is -0.121. The Kier molecular flexibility index (Phi) is 5.30. The summed E-state index contributed by atoms with van der Waals surface area (Å²) >= 11 is 11.7. The van der Waals surface area contributed by atoms with E-state index >= 15 is 0 Å². The Balaban J connectivity index is 2.43. The molecular formula is C13H16Cl2O. The van der Waals surface area contributed by atoms with Crippen molar-refractivity contribution in [1.82, 2.24) is 0 Å². The predicted octanol–water partition coefficient (Wildman–Crippen LogP) is 4.54. The van der Waals surface area contributed by atoms with E-state index in [-0.39, 0.29) is 5.92 Å². The highest BCUT2D eigenvalue weighted by atomic mass is 35.5. The van der Waals surface area contributed by atoms with Crippen LogP contribution in [0.15, 0.2) is 18.2 Å². The normalized spacial score (nSPS) is 10.8. The van der Waals surface area contributed by atoms with Crippen molar-refractivity contribution in [1.29, 1.82) is 0 Å². The van der Waals surface area contributed by atoms with Crippen LogP contribution in [0.1, 0.15) is 32.3 Å². The second kappa shape index (κ2) is 6.27. The predicted molar refractivity (Wildman–Crippen MR) is 69.2 cm³/mol. The number of benzene rings is 1. The van der Waals surface area contributed by atoms with E-state index in [1.54, 1.807) is 6.07 Å². The number of hydrogen-bond acceptors (Lipinski definition) is 1. The molecule has 0 saturated heterocycles. The summed E-state index contributed by atoms with van der Waals surface area (Å²) in [5.41, 5.74) is 1.13. The van der Waals surface area contributed by atoms with Crippen molar-refractivity contribution < 1.29 is 4.79 Å². The SMILES string of the molecule is CC(C)C(=O)CCCc1ccc(Cl)c(Cl)c1. The number of hydrogen-bond donors (Lipinski definition) is 0. The minimum atomic E-state index is 0.133. The molecule has 3 heteroatoms. The summed E-state index contributed by atoms with van der Waals surface area (Å²) in [6, 6.07) is 5.61. The van der Waals surface area contributed by atoms with Crippen LogP contribution < -0.4 is 0 Å². The summed E-state index contributed by atoms with van der Waals surface area (Å²) in [6.07, 6.45) is 2.38. The number of Topliss-reactive ketones (excluding diaryl/α,β-unsaturated/α-hetero) is 1. The van der Waals surface area contributed by atoms with Crippen LogP contribution >= 0.6 is 23.2 Å². The van der Waals surface area contributed by atoms with E-state index in [2.05, 4.69) is 0 Å². The van der Waals surface area contributed by atoms with Crippen LogP contribution in [-0.2, 0) is 11.2 Å². The van der Waals surface area contributed by atoms with Gasteiger partial charge in [-0.3, -0.25) is 4.79 Å². The molecule has 1 rings (SSSR count). The quantitative estimate of drug-likeness (QED) is 0.758. The fourth-order valence-corrected chi connectivity index (χ4v) is 1.77. The van der Waals surface area contributed by atoms with E-state index < -0.39 is 0 Å². The Morgan fingerprint density at radius 1 is 1.25 bits per heavy atom. The van der Waals surface area contributed by atoms with Gasteiger partial charge >= 0.3 is 0 Å². The minimum absolute atomic E-state index is 0.133. The Labute approximate surface area is 107 Å². The van der Waals surface area contributed by atoms with Crippen molar-refractivity contribution in [3.63, 3.8) is 0 Å². The fraction of sp³-hybridized carbons (Fsp3) is 0.462. The monoisotopic (exact) mass is 258 g/mol. The molecule has 0 unspecified atom stereocenters. The molecule has 0 aliphatic heterocycles. The third kappa shape index (κ3) is 4.15. The summed E-state index contributed by atoms with van der Waals surface area (Å²) in [5, 5.41) is 1.15. The van der Waals surface area contributed by atoms with Gasteiger partial charge in [-0.1, -0.05) is 43.1 Å². The van der Waals surface area contributed by atoms with Crippen LogP contribution in [0.3, 0.4) is 0 Å². The first-order chi connectivity index (χ1) is 7.50. The van der Waals surface area contributed by atoms with Crippen LogP contribution in [-0.4, -0.2) is 5.78 Å². The first kappa shape index (κ1) is 13.5. The molecule has 0 heterocycles. The van der Waals surface area contributed by atoms with E-state index in [0.29, 0.717) is 22.2 Å². The van der Waals surface area contributed by atoms with Crippen molar-refractivity contribution in [2.24, 2.45) is 5.92 Å². The third-order valence-electron chi connectivity index (χ3n) is 2.52. The Hall–Kier alpha value is -0.530. The third-order valence-corrected chi connectivity index (χ3v) is 3.26. The molecule has 0 N–H and O–H groups in total. The van der Waals surface area contributed by atoms with Gasteiger partial charge in [0.15, 0.2) is 0 Å². The Morgan fingerprint density at radius 2 is 1.94 bits per heavy atom. The molecule has 1 aromatic carbocycles. The summed E-state index contributed by atoms with van der Waals surface area (Å²) in [4.78, 5) is 11.4. The van der Waals surface area contributed by atoms with E-state index in [0.717, 1.165) is 18.4 Å². The van der Waals surface area contributed by atoms with Gasteiger partial charge in [0.1, 0.15) is 5.78 Å². The van der Waals surface area contributed by atoms with Crippen LogP contribution in [0.4, 0.5) is 0 Å². The molecule has 0 saturated carbocycles. The second-order valence-electron chi connectivity index (χ2n) is 4.22. The number of ketones is 1. The first-order valence-electron chi connectivity index (χ1n) is 5.47. The Bertz CT molecular complexity index is 372. The largest absolute Gasteiger partial charge is 0.299 e. The van der Waals surface area contributed by atoms with E-state index in [9.17, 15) is 4.79 Å². The van der Waals surface area contributed by atoms with Crippen LogP contribution in [0.2, 0.25) is 10.0 Å². The first-order valence-corrected chi connectivity index (χ1v) is 6.23. The highest BCUT2D eigenvalue weighted by Crippen LogP contribution is 2.23. The molecular weight excluding hydrogens is 243 g/mol. The summed E-state index contributed by atoms with van der Waals surface area (Å²) < 4.78 is 0. The zero-order valence-corrected chi connectivity index (χ0v) is 11.1. The zero-order valence-electron chi connectivity index (χ0n) is 9.59. The van der Waals surface area contributed by atoms with E-state index in [4.69, 9.17) is 23.2 Å². The average molecular weight is 259 g/mol. The van der Waals surface area contributed by atoms with Crippen LogP contribution in [0, 0.1) is 5.92 Å². The smallest absolute Gasteiger partial charge is 0.135 e. The maximum Gasteiger partial charge on any atom is 0.135 e. The maximum absolute atomic E-state index is 11.4. The summed E-state index contributed by atoms with van der Waals surface area (Å²) in [6.45, 7) is 3.86. The molecule has 0 amide bonds. The summed E-state index contributed by atoms with van der Waals surface area (Å²) in [5.74, 6) is 0.453. The molecule has 16 heavy (non-hydrogen) atoms. The van der Waals surface area contributed by atoms with Gasteiger partial charge in [0.25, 0.3) is 0 Å². The van der Waals surface area contributed by atoms with Gasteiger partial charge in [0, 0.05) is 12.3 Å². The van der Waals surface area contributed by atoms with E-state index in [1.165, 1.54) is 0 Å². The minimum Gasteiger partial charge on any atom is -0.299 e. The molecule has 1 nitrogen and oxygen atoms in total. The van der Waals surface area contributed by atoms with Crippen LogP contribution in [0.25, 0.3) is 0 Å². The van der Waals surface area contributed by atoms with Gasteiger partial charge in [-0.05, 0) is 30.5 Å². The average Bonchev–Trinajstić information content (AvgIpc) is 2.23. The van der Waals surface area contributed by atoms with Gasteiger partial charge in [-0.25, -0.2) is 0 Å². The lowest BCUT2D eigenvalue weighted by Gasteiger charge is -2.05. The number of halogens is 2. The van der Waals surface area contributed by atoms with Gasteiger partial charge < -0.3 is 0 Å². The van der Waals surface area contributed by atoms with Gasteiger partial charge in [0.05, 0.1) is 10.0 Å². The highest BCUT2D eigenvalue weighted by molar-refractivity contribution is 6.42. The zero-order chi connectivity index (χ0) is 12.1. The number of aryl methyl sites for hydroxylation is 1. The topological polar surface area (TPSA) is 17.1 Å². The number of carbonyl (C=O) groups is 1. The molecule has 0 aromatic heterocycles. The van der Waals surface area contributed by atoms with Gasteiger partial charge in [-0.2, -0.15) is 0 Å². The van der Waals surface area contributed by atoms with Gasteiger partial charge in [-0.15, -0.1) is 0 Å². The van der Waals surface area contributed by atoms with Crippen molar-refractivity contribution in [3.8, 4) is 0 Å². The van der Waals surface area contributed by atoms with Crippen LogP contribution in [0.5, 0.6) is 0 Å². The molecule has 0 spiro atoms.